The van der Waals surface area contributed by atoms with Crippen molar-refractivity contribution in [1.82, 2.24) is 10.0 Å². The minimum atomic E-state index is -3.97. The third-order valence-electron chi connectivity index (χ3n) is 3.19. The third-order valence-corrected chi connectivity index (χ3v) is 5.01. The highest BCUT2D eigenvalue weighted by Gasteiger charge is 2.31. The lowest BCUT2D eigenvalue weighted by Crippen LogP contribution is -2.52. The van der Waals surface area contributed by atoms with Gasteiger partial charge in [-0.15, -0.1) is 0 Å². The van der Waals surface area contributed by atoms with Crippen LogP contribution in [0.5, 0.6) is 0 Å². The summed E-state index contributed by atoms with van der Waals surface area (Å²) in [6, 6.07) is 1.72. The van der Waals surface area contributed by atoms with Crippen LogP contribution in [0.15, 0.2) is 17.0 Å². The molecule has 1 aliphatic heterocycles. The number of piperidine rings is 1. The number of rotatable bonds is 3. The van der Waals surface area contributed by atoms with Gasteiger partial charge in [0.05, 0.1) is 4.90 Å². The second kappa shape index (κ2) is 5.63. The van der Waals surface area contributed by atoms with E-state index in [9.17, 15) is 18.0 Å². The lowest BCUT2D eigenvalue weighted by Gasteiger charge is -2.22. The van der Waals surface area contributed by atoms with Crippen molar-refractivity contribution in [3.8, 4) is 0 Å². The summed E-state index contributed by atoms with van der Waals surface area (Å²) in [6.45, 7) is 1.55. The van der Waals surface area contributed by atoms with Gasteiger partial charge >= 0.3 is 0 Å². The summed E-state index contributed by atoms with van der Waals surface area (Å²) in [5.41, 5.74) is 6.28. The van der Waals surface area contributed by atoms with Crippen LogP contribution in [-0.4, -0.2) is 26.3 Å². The molecule has 7 nitrogen and oxygen atoms in total. The van der Waals surface area contributed by atoms with E-state index in [4.69, 9.17) is 17.3 Å². The maximum Gasteiger partial charge on any atom is 0.244 e. The lowest BCUT2D eigenvalue weighted by molar-refractivity contribution is -0.134. The normalized spacial score (nSPS) is 19.4. The molecule has 0 radical (unpaired) electrons. The van der Waals surface area contributed by atoms with Gasteiger partial charge in [-0.25, -0.2) is 8.42 Å². The van der Waals surface area contributed by atoms with Crippen LogP contribution in [-0.2, 0) is 19.6 Å². The first kappa shape index (κ1) is 15.7. The van der Waals surface area contributed by atoms with E-state index < -0.39 is 27.9 Å². The van der Waals surface area contributed by atoms with Crippen LogP contribution < -0.4 is 15.8 Å². The molecule has 4 N–H and O–H groups in total. The van der Waals surface area contributed by atoms with E-state index in [1.165, 1.54) is 12.1 Å². The fourth-order valence-electron chi connectivity index (χ4n) is 2.01. The second-order valence-corrected chi connectivity index (χ2v) is 6.86. The number of hydrogen-bond acceptors (Lipinski definition) is 5. The quantitative estimate of drug-likeness (QED) is 0.544. The Bertz CT molecular complexity index is 717. The standard InChI is InChI=1S/C12H14ClN3O4S/c1-6-8(14)4-7(13)5-10(6)21(19,20)16-9-2-3-11(17)15-12(9)18/h4-5,9,16H,2-3,14H2,1H3,(H,15,17,18). The number of nitrogens with one attached hydrogen (secondary N) is 2. The minimum Gasteiger partial charge on any atom is -0.398 e. The highest BCUT2D eigenvalue weighted by Crippen LogP contribution is 2.26. The zero-order chi connectivity index (χ0) is 15.8. The Morgan fingerprint density at radius 1 is 1.38 bits per heavy atom. The second-order valence-electron chi connectivity index (χ2n) is 4.74. The molecule has 1 aliphatic rings. The average Bonchev–Trinajstić information content (AvgIpc) is 2.37. The SMILES string of the molecule is Cc1c(N)cc(Cl)cc1S(=O)(=O)NC1CCC(=O)NC1=O. The summed E-state index contributed by atoms with van der Waals surface area (Å²) in [6.07, 6.45) is 0.189. The molecule has 0 aromatic heterocycles. The van der Waals surface area contributed by atoms with Crippen molar-refractivity contribution in [2.75, 3.05) is 5.73 Å². The molecule has 0 spiro atoms. The Labute approximate surface area is 126 Å². The maximum absolute atomic E-state index is 12.4. The first-order chi connectivity index (χ1) is 9.70. The van der Waals surface area contributed by atoms with Crippen LogP contribution in [0.2, 0.25) is 5.02 Å². The Hall–Kier alpha value is -1.64. The van der Waals surface area contributed by atoms with Crippen LogP contribution in [0.1, 0.15) is 18.4 Å². The number of sulfonamides is 1. The van der Waals surface area contributed by atoms with Crippen molar-refractivity contribution in [2.24, 2.45) is 0 Å². The highest BCUT2D eigenvalue weighted by molar-refractivity contribution is 7.89. The van der Waals surface area contributed by atoms with E-state index in [0.717, 1.165) is 0 Å². The average molecular weight is 332 g/mol. The largest absolute Gasteiger partial charge is 0.398 e. The summed E-state index contributed by atoms with van der Waals surface area (Å²) in [7, 11) is -3.97. The zero-order valence-electron chi connectivity index (χ0n) is 11.1. The molecule has 1 aromatic rings. The van der Waals surface area contributed by atoms with Crippen molar-refractivity contribution < 1.29 is 18.0 Å². The van der Waals surface area contributed by atoms with Crippen LogP contribution in [0.25, 0.3) is 0 Å². The summed E-state index contributed by atoms with van der Waals surface area (Å²) in [5, 5.41) is 2.27. The van der Waals surface area contributed by atoms with E-state index in [2.05, 4.69) is 10.0 Å². The number of nitrogen functional groups attached to an aromatic ring is 1. The molecule has 2 rings (SSSR count). The van der Waals surface area contributed by atoms with Crippen molar-refractivity contribution in [3.63, 3.8) is 0 Å². The number of anilines is 1. The van der Waals surface area contributed by atoms with E-state index in [1.54, 1.807) is 6.92 Å². The van der Waals surface area contributed by atoms with Crippen molar-refractivity contribution in [3.05, 3.63) is 22.7 Å². The summed E-state index contributed by atoms with van der Waals surface area (Å²) in [5.74, 6) is -1.08. The van der Waals surface area contributed by atoms with Gasteiger partial charge in [0.15, 0.2) is 0 Å². The predicted molar refractivity (Wildman–Crippen MR) is 77.1 cm³/mol. The van der Waals surface area contributed by atoms with E-state index in [0.29, 0.717) is 5.56 Å². The molecule has 114 valence electrons. The number of hydrogen-bond donors (Lipinski definition) is 3. The molecule has 0 bridgehead atoms. The fourth-order valence-corrected chi connectivity index (χ4v) is 3.83. The smallest absolute Gasteiger partial charge is 0.244 e. The minimum absolute atomic E-state index is 0.0790. The van der Waals surface area contributed by atoms with Crippen molar-refractivity contribution in [2.45, 2.75) is 30.7 Å². The number of carbonyl (C=O) groups excluding carboxylic acids is 2. The Kier molecular flexibility index (Phi) is 4.22. The van der Waals surface area contributed by atoms with Gasteiger partial charge in [0.25, 0.3) is 0 Å². The van der Waals surface area contributed by atoms with Gasteiger partial charge in [0.2, 0.25) is 21.8 Å². The van der Waals surface area contributed by atoms with Gasteiger partial charge in [-0.05, 0) is 31.0 Å². The Morgan fingerprint density at radius 3 is 2.67 bits per heavy atom. The molecule has 1 saturated heterocycles. The Morgan fingerprint density at radius 2 is 2.05 bits per heavy atom. The molecule has 1 fully saturated rings. The fraction of sp³-hybridized carbons (Fsp3) is 0.333. The number of carbonyl (C=O) groups is 2. The number of nitrogens with two attached hydrogens (primary N) is 1. The summed E-state index contributed by atoms with van der Waals surface area (Å²) >= 11 is 5.82. The van der Waals surface area contributed by atoms with Gasteiger partial charge in [0.1, 0.15) is 6.04 Å². The molecule has 1 heterocycles. The van der Waals surface area contributed by atoms with E-state index in [-0.39, 0.29) is 28.4 Å². The monoisotopic (exact) mass is 331 g/mol. The van der Waals surface area contributed by atoms with Crippen LogP contribution in [0.3, 0.4) is 0 Å². The van der Waals surface area contributed by atoms with Gasteiger partial charge in [-0.1, -0.05) is 11.6 Å². The molecular formula is C12H14ClN3O4S. The maximum atomic E-state index is 12.4. The highest BCUT2D eigenvalue weighted by atomic mass is 35.5. The molecule has 1 atom stereocenters. The van der Waals surface area contributed by atoms with Crippen LogP contribution in [0, 0.1) is 6.92 Å². The number of imide groups is 1. The van der Waals surface area contributed by atoms with Crippen LogP contribution >= 0.6 is 11.6 Å². The van der Waals surface area contributed by atoms with Gasteiger partial charge in [0, 0.05) is 17.1 Å². The number of benzene rings is 1. The van der Waals surface area contributed by atoms with Gasteiger partial charge in [-0.3, -0.25) is 14.9 Å². The van der Waals surface area contributed by atoms with Gasteiger partial charge in [-0.2, -0.15) is 4.72 Å². The topological polar surface area (TPSA) is 118 Å². The third kappa shape index (κ3) is 3.34. The molecule has 0 aliphatic carbocycles. The van der Waals surface area contributed by atoms with E-state index in [1.807, 2.05) is 0 Å². The Balaban J connectivity index is 2.31. The molecule has 2 amide bonds. The first-order valence-electron chi connectivity index (χ1n) is 6.12. The molecule has 21 heavy (non-hydrogen) atoms. The molecular weight excluding hydrogens is 318 g/mol. The number of halogens is 1. The molecule has 0 saturated carbocycles. The molecule has 9 heteroatoms. The van der Waals surface area contributed by atoms with E-state index >= 15 is 0 Å². The summed E-state index contributed by atoms with van der Waals surface area (Å²) < 4.78 is 27.0. The van der Waals surface area contributed by atoms with Crippen molar-refractivity contribution in [1.29, 1.82) is 0 Å². The first-order valence-corrected chi connectivity index (χ1v) is 7.98. The van der Waals surface area contributed by atoms with Crippen molar-refractivity contribution >= 4 is 39.1 Å². The van der Waals surface area contributed by atoms with Gasteiger partial charge < -0.3 is 5.73 Å². The van der Waals surface area contributed by atoms with Crippen LogP contribution in [0.4, 0.5) is 5.69 Å². The molecule has 1 unspecified atom stereocenters. The predicted octanol–water partition coefficient (Wildman–Crippen LogP) is 0.314. The zero-order valence-corrected chi connectivity index (χ0v) is 12.7. The number of amides is 2. The molecule has 1 aromatic carbocycles. The summed E-state index contributed by atoms with van der Waals surface area (Å²) in [4.78, 5) is 22.6. The lowest BCUT2D eigenvalue weighted by atomic mass is 10.1.